The van der Waals surface area contributed by atoms with Crippen molar-refractivity contribution in [1.29, 1.82) is 0 Å². The molecule has 0 aromatic carbocycles. The van der Waals surface area contributed by atoms with E-state index in [9.17, 15) is 21.6 Å². The second-order valence-corrected chi connectivity index (χ2v) is 13.3. The first-order valence-corrected chi connectivity index (χ1v) is 14.9. The summed E-state index contributed by atoms with van der Waals surface area (Å²) in [6, 6.07) is -0.855. The van der Waals surface area contributed by atoms with Crippen LogP contribution < -0.4 is 4.72 Å². The van der Waals surface area contributed by atoms with Crippen LogP contribution in [0.1, 0.15) is 58.8 Å². The van der Waals surface area contributed by atoms with Gasteiger partial charge in [-0.25, -0.2) is 21.6 Å². The first-order valence-electron chi connectivity index (χ1n) is 10.9. The third-order valence-corrected chi connectivity index (χ3v) is 7.99. The number of rotatable bonds is 9. The number of piperidine rings is 1. The lowest BCUT2D eigenvalue weighted by Crippen LogP contribution is -2.59. The van der Waals surface area contributed by atoms with Gasteiger partial charge in [-0.2, -0.15) is 0 Å². The first kappa shape index (κ1) is 25.5. The molecule has 1 aliphatic carbocycles. The van der Waals surface area contributed by atoms with E-state index >= 15 is 0 Å². The Labute approximate surface area is 182 Å². The number of nitrogens with one attached hydrogen (secondary N) is 1. The minimum atomic E-state index is -3.44. The van der Waals surface area contributed by atoms with Crippen LogP contribution in [0.2, 0.25) is 0 Å². The van der Waals surface area contributed by atoms with Gasteiger partial charge in [-0.05, 0) is 50.4 Å². The first-order chi connectivity index (χ1) is 13.9. The molecule has 0 aromatic heterocycles. The standard InChI is InChI=1S/C20H38N2O6S2/c1-15(2)16-7-9-17(10-8-16)28-14-19-18(21-30(4,26)27)6-5-12-22(19)20(23)11-13-29(3,24)25/h15-19,21H,5-14H2,1-4H3/t16?,17?,18-,19-/m0/s1. The Morgan fingerprint density at radius 2 is 1.70 bits per heavy atom. The molecule has 2 fully saturated rings. The molecule has 0 radical (unpaired) electrons. The molecule has 2 aliphatic rings. The average molecular weight is 467 g/mol. The quantitative estimate of drug-likeness (QED) is 0.552. The van der Waals surface area contributed by atoms with E-state index in [2.05, 4.69) is 18.6 Å². The molecule has 1 saturated carbocycles. The minimum Gasteiger partial charge on any atom is -0.376 e. The fourth-order valence-electron chi connectivity index (χ4n) is 4.56. The number of carbonyl (C=O) groups excluding carboxylic acids is 1. The monoisotopic (exact) mass is 466 g/mol. The Morgan fingerprint density at radius 3 is 2.23 bits per heavy atom. The Kier molecular flexibility index (Phi) is 9.15. The smallest absolute Gasteiger partial charge is 0.223 e. The molecule has 0 aromatic rings. The van der Waals surface area contributed by atoms with Gasteiger partial charge >= 0.3 is 0 Å². The largest absolute Gasteiger partial charge is 0.376 e. The van der Waals surface area contributed by atoms with E-state index in [0.29, 0.717) is 31.2 Å². The molecule has 2 atom stereocenters. The summed E-state index contributed by atoms with van der Waals surface area (Å²) in [5.41, 5.74) is 0. The van der Waals surface area contributed by atoms with Crippen LogP contribution in [-0.4, -0.2) is 77.2 Å². The fraction of sp³-hybridized carbons (Fsp3) is 0.950. The van der Waals surface area contributed by atoms with Gasteiger partial charge in [0.1, 0.15) is 9.84 Å². The zero-order valence-electron chi connectivity index (χ0n) is 18.7. The van der Waals surface area contributed by atoms with Gasteiger partial charge in [-0.3, -0.25) is 4.79 Å². The van der Waals surface area contributed by atoms with E-state index in [-0.39, 0.29) is 30.8 Å². The van der Waals surface area contributed by atoms with Crippen LogP contribution in [0.25, 0.3) is 0 Å². The molecule has 0 spiro atoms. The molecular weight excluding hydrogens is 428 g/mol. The van der Waals surface area contributed by atoms with Crippen molar-refractivity contribution in [2.45, 2.75) is 77.0 Å². The molecular formula is C20H38N2O6S2. The van der Waals surface area contributed by atoms with Crippen LogP contribution in [0.15, 0.2) is 0 Å². The summed E-state index contributed by atoms with van der Waals surface area (Å²) in [5.74, 6) is 0.903. The number of ether oxygens (including phenoxy) is 1. The van der Waals surface area contributed by atoms with Crippen LogP contribution >= 0.6 is 0 Å². The van der Waals surface area contributed by atoms with E-state index < -0.39 is 31.9 Å². The Morgan fingerprint density at radius 1 is 1.07 bits per heavy atom. The number of sulfonamides is 1. The Balaban J connectivity index is 2.05. The minimum absolute atomic E-state index is 0.0968. The lowest BCUT2D eigenvalue weighted by atomic mass is 9.80. The molecule has 1 saturated heterocycles. The normalized spacial score (nSPS) is 28.6. The average Bonchev–Trinajstić information content (AvgIpc) is 2.63. The number of carbonyl (C=O) groups is 1. The van der Waals surface area contributed by atoms with Crippen LogP contribution in [0.3, 0.4) is 0 Å². The summed E-state index contributed by atoms with van der Waals surface area (Å²) in [4.78, 5) is 14.4. The van der Waals surface area contributed by atoms with Gasteiger partial charge in [0.2, 0.25) is 15.9 Å². The predicted octanol–water partition coefficient (Wildman–Crippen LogP) is 1.56. The van der Waals surface area contributed by atoms with E-state index in [1.165, 1.54) is 0 Å². The summed E-state index contributed by atoms with van der Waals surface area (Å²) in [7, 11) is -6.69. The molecule has 176 valence electrons. The number of hydrogen-bond donors (Lipinski definition) is 1. The topological polar surface area (TPSA) is 110 Å². The van der Waals surface area contributed by atoms with Crippen molar-refractivity contribution < 1.29 is 26.4 Å². The lowest BCUT2D eigenvalue weighted by molar-refractivity contribution is -0.138. The van der Waals surface area contributed by atoms with Crippen molar-refractivity contribution in [2.75, 3.05) is 31.4 Å². The second-order valence-electron chi connectivity index (χ2n) is 9.29. The molecule has 8 nitrogen and oxygen atoms in total. The fourth-order valence-corrected chi connectivity index (χ4v) is 5.93. The maximum Gasteiger partial charge on any atom is 0.223 e. The highest BCUT2D eigenvalue weighted by molar-refractivity contribution is 7.90. The Bertz CT molecular complexity index is 773. The second kappa shape index (κ2) is 10.7. The van der Waals surface area contributed by atoms with Crippen molar-refractivity contribution in [1.82, 2.24) is 9.62 Å². The van der Waals surface area contributed by atoms with Crippen LogP contribution in [-0.2, 0) is 29.4 Å². The zero-order chi connectivity index (χ0) is 22.5. The number of nitrogens with zero attached hydrogens (tertiary/aromatic N) is 1. The molecule has 1 aliphatic heterocycles. The van der Waals surface area contributed by atoms with E-state index in [4.69, 9.17) is 4.74 Å². The third kappa shape index (κ3) is 8.43. The summed E-state index contributed by atoms with van der Waals surface area (Å²) < 4.78 is 55.5. The number of hydrogen-bond acceptors (Lipinski definition) is 6. The molecule has 1 heterocycles. The molecule has 10 heteroatoms. The predicted molar refractivity (Wildman–Crippen MR) is 117 cm³/mol. The van der Waals surface area contributed by atoms with Gasteiger partial charge in [0.25, 0.3) is 0 Å². The van der Waals surface area contributed by atoms with Crippen LogP contribution in [0, 0.1) is 11.8 Å². The highest BCUT2D eigenvalue weighted by atomic mass is 32.2. The van der Waals surface area contributed by atoms with E-state index in [0.717, 1.165) is 38.2 Å². The maximum atomic E-state index is 12.8. The van der Waals surface area contributed by atoms with Gasteiger partial charge < -0.3 is 9.64 Å². The molecule has 2 rings (SSSR count). The summed E-state index contributed by atoms with van der Waals surface area (Å²) in [6.07, 6.45) is 7.72. The highest BCUT2D eigenvalue weighted by Gasteiger charge is 2.37. The van der Waals surface area contributed by atoms with Crippen LogP contribution in [0.4, 0.5) is 0 Å². The van der Waals surface area contributed by atoms with Crippen molar-refractivity contribution >= 4 is 25.8 Å². The Hall–Kier alpha value is -0.710. The SMILES string of the molecule is CC(C)C1CCC(OC[C@H]2[C@@H](NS(C)(=O)=O)CCCN2C(=O)CCS(C)(=O)=O)CC1. The zero-order valence-corrected chi connectivity index (χ0v) is 20.3. The number of sulfone groups is 1. The van der Waals surface area contributed by atoms with Crippen molar-refractivity contribution in [3.8, 4) is 0 Å². The van der Waals surface area contributed by atoms with Gasteiger partial charge in [-0.1, -0.05) is 13.8 Å². The third-order valence-electron chi connectivity index (χ3n) is 6.32. The lowest BCUT2D eigenvalue weighted by Gasteiger charge is -2.42. The van der Waals surface area contributed by atoms with E-state index in [1.807, 2.05) is 0 Å². The summed E-state index contributed by atoms with van der Waals surface area (Å²) >= 11 is 0. The van der Waals surface area contributed by atoms with Crippen molar-refractivity contribution in [3.05, 3.63) is 0 Å². The maximum absolute atomic E-state index is 12.8. The molecule has 0 bridgehead atoms. The van der Waals surface area contributed by atoms with Crippen molar-refractivity contribution in [2.24, 2.45) is 11.8 Å². The molecule has 30 heavy (non-hydrogen) atoms. The number of amides is 1. The van der Waals surface area contributed by atoms with E-state index in [1.54, 1.807) is 4.90 Å². The highest BCUT2D eigenvalue weighted by Crippen LogP contribution is 2.32. The van der Waals surface area contributed by atoms with Gasteiger partial charge in [0, 0.05) is 25.3 Å². The van der Waals surface area contributed by atoms with Gasteiger partial charge in [0.15, 0.2) is 0 Å². The number of likely N-dealkylation sites (tertiary alicyclic amines) is 1. The van der Waals surface area contributed by atoms with Crippen LogP contribution in [0.5, 0.6) is 0 Å². The van der Waals surface area contributed by atoms with Gasteiger partial charge in [-0.15, -0.1) is 0 Å². The molecule has 0 unspecified atom stereocenters. The summed E-state index contributed by atoms with van der Waals surface area (Å²) in [5, 5.41) is 0. The molecule has 1 N–H and O–H groups in total. The summed E-state index contributed by atoms with van der Waals surface area (Å²) in [6.45, 7) is 5.23. The van der Waals surface area contributed by atoms with Gasteiger partial charge in [0.05, 0.1) is 30.8 Å². The molecule has 1 amide bonds. The van der Waals surface area contributed by atoms with Crippen molar-refractivity contribution in [3.63, 3.8) is 0 Å².